The van der Waals surface area contributed by atoms with Crippen molar-refractivity contribution in [1.82, 2.24) is 0 Å². The van der Waals surface area contributed by atoms with Gasteiger partial charge >= 0.3 is 5.97 Å². The van der Waals surface area contributed by atoms with E-state index in [0.29, 0.717) is 24.6 Å². The number of hydrogen-bond acceptors (Lipinski definition) is 3. The first kappa shape index (κ1) is 11.6. The third-order valence-corrected chi connectivity index (χ3v) is 4.41. The molecule has 0 aromatic carbocycles. The quantitative estimate of drug-likeness (QED) is 0.844. The van der Waals surface area contributed by atoms with E-state index in [2.05, 4.69) is 0 Å². The summed E-state index contributed by atoms with van der Waals surface area (Å²) in [6.07, 6.45) is 7.29. The molecular formula is C14H19NO3. The second kappa shape index (κ2) is 4.34. The molecule has 0 aliphatic heterocycles. The lowest BCUT2D eigenvalue weighted by atomic mass is 9.81. The molecule has 0 spiro atoms. The van der Waals surface area contributed by atoms with Crippen molar-refractivity contribution in [1.29, 1.82) is 0 Å². The third-order valence-electron chi connectivity index (χ3n) is 4.41. The van der Waals surface area contributed by atoms with Gasteiger partial charge in [-0.15, -0.1) is 0 Å². The van der Waals surface area contributed by atoms with Crippen molar-refractivity contribution in [3.63, 3.8) is 0 Å². The van der Waals surface area contributed by atoms with Gasteiger partial charge in [0.25, 0.3) is 0 Å². The molecule has 2 aliphatic carbocycles. The smallest absolute Gasteiger partial charge is 0.311 e. The predicted octanol–water partition coefficient (Wildman–Crippen LogP) is 3.02. The average molecular weight is 249 g/mol. The lowest BCUT2D eigenvalue weighted by Crippen LogP contribution is -2.13. The number of nitrogens with two attached hydrogens (primary N) is 1. The van der Waals surface area contributed by atoms with E-state index in [9.17, 15) is 9.90 Å². The molecule has 1 fully saturated rings. The van der Waals surface area contributed by atoms with E-state index in [1.54, 1.807) is 0 Å². The lowest BCUT2D eigenvalue weighted by molar-refractivity contribution is -0.138. The summed E-state index contributed by atoms with van der Waals surface area (Å²) in [6.45, 7) is 0. The SMILES string of the molecule is Nc1oc2c(c1C1CCCCC1)C(C(=O)O)CC2. The van der Waals surface area contributed by atoms with Crippen LogP contribution in [0.5, 0.6) is 0 Å². The summed E-state index contributed by atoms with van der Waals surface area (Å²) in [4.78, 5) is 11.3. The van der Waals surface area contributed by atoms with Gasteiger partial charge < -0.3 is 15.3 Å². The van der Waals surface area contributed by atoms with Crippen molar-refractivity contribution in [2.24, 2.45) is 0 Å². The predicted molar refractivity (Wildman–Crippen MR) is 67.6 cm³/mol. The Morgan fingerprint density at radius 2 is 1.89 bits per heavy atom. The summed E-state index contributed by atoms with van der Waals surface area (Å²) in [5.74, 6) is 0.550. The number of rotatable bonds is 2. The van der Waals surface area contributed by atoms with Gasteiger partial charge in [0.1, 0.15) is 5.76 Å². The number of fused-ring (bicyclic) bond motifs is 1. The molecule has 0 saturated heterocycles. The van der Waals surface area contributed by atoms with Crippen LogP contribution in [-0.2, 0) is 11.2 Å². The van der Waals surface area contributed by atoms with Gasteiger partial charge in [0.05, 0.1) is 5.92 Å². The Bertz CT molecular complexity index is 472. The summed E-state index contributed by atoms with van der Waals surface area (Å²) < 4.78 is 5.61. The Morgan fingerprint density at radius 3 is 2.56 bits per heavy atom. The number of carboxylic acids is 1. The Morgan fingerprint density at radius 1 is 1.17 bits per heavy atom. The monoisotopic (exact) mass is 249 g/mol. The summed E-state index contributed by atoms with van der Waals surface area (Å²) in [6, 6.07) is 0. The van der Waals surface area contributed by atoms with E-state index >= 15 is 0 Å². The minimum atomic E-state index is -0.744. The number of carbonyl (C=O) groups is 1. The van der Waals surface area contributed by atoms with Gasteiger partial charge in [0.15, 0.2) is 5.88 Å². The molecule has 18 heavy (non-hydrogen) atoms. The maximum atomic E-state index is 11.3. The molecule has 4 heteroatoms. The number of furan rings is 1. The van der Waals surface area contributed by atoms with Gasteiger partial charge in [-0.2, -0.15) is 0 Å². The first-order valence-electron chi connectivity index (χ1n) is 6.82. The van der Waals surface area contributed by atoms with Crippen LogP contribution >= 0.6 is 0 Å². The molecular weight excluding hydrogens is 230 g/mol. The summed E-state index contributed by atoms with van der Waals surface area (Å²) in [5, 5.41) is 9.31. The van der Waals surface area contributed by atoms with Crippen LogP contribution in [0.4, 0.5) is 5.88 Å². The number of aliphatic carboxylic acids is 1. The van der Waals surface area contributed by atoms with Crippen molar-refractivity contribution in [3.8, 4) is 0 Å². The Labute approximate surface area is 106 Å². The fraction of sp³-hybridized carbons (Fsp3) is 0.643. The molecule has 1 saturated carbocycles. The highest BCUT2D eigenvalue weighted by molar-refractivity contribution is 5.79. The van der Waals surface area contributed by atoms with Crippen LogP contribution in [0, 0.1) is 0 Å². The fourth-order valence-corrected chi connectivity index (χ4v) is 3.57. The van der Waals surface area contributed by atoms with Gasteiger partial charge in [0.2, 0.25) is 0 Å². The molecule has 0 radical (unpaired) electrons. The van der Waals surface area contributed by atoms with Crippen molar-refractivity contribution < 1.29 is 14.3 Å². The third kappa shape index (κ3) is 1.71. The maximum absolute atomic E-state index is 11.3. The largest absolute Gasteiger partial charge is 0.481 e. The molecule has 4 nitrogen and oxygen atoms in total. The van der Waals surface area contributed by atoms with Crippen LogP contribution in [0.2, 0.25) is 0 Å². The number of carboxylic acid groups (broad SMARTS) is 1. The van der Waals surface area contributed by atoms with Gasteiger partial charge in [-0.05, 0) is 25.2 Å². The highest BCUT2D eigenvalue weighted by atomic mass is 16.4. The highest BCUT2D eigenvalue weighted by Gasteiger charge is 2.38. The Hall–Kier alpha value is -1.45. The number of nitrogen functional groups attached to an aromatic ring is 1. The van der Waals surface area contributed by atoms with Gasteiger partial charge in [-0.25, -0.2) is 0 Å². The second-order valence-corrected chi connectivity index (χ2v) is 5.48. The molecule has 2 aliphatic rings. The fourth-order valence-electron chi connectivity index (χ4n) is 3.57. The lowest BCUT2D eigenvalue weighted by Gasteiger charge is -2.23. The summed E-state index contributed by atoms with van der Waals surface area (Å²) in [7, 11) is 0. The van der Waals surface area contributed by atoms with E-state index in [1.165, 1.54) is 19.3 Å². The van der Waals surface area contributed by atoms with Crippen molar-refractivity contribution in [3.05, 3.63) is 16.9 Å². The molecule has 0 amide bonds. The normalized spacial score (nSPS) is 24.1. The molecule has 1 aromatic heterocycles. The van der Waals surface area contributed by atoms with E-state index in [1.807, 2.05) is 0 Å². The van der Waals surface area contributed by atoms with Crippen molar-refractivity contribution in [2.45, 2.75) is 56.8 Å². The highest BCUT2D eigenvalue weighted by Crippen LogP contribution is 2.47. The van der Waals surface area contributed by atoms with Crippen LogP contribution in [0.1, 0.15) is 67.2 Å². The molecule has 3 rings (SSSR count). The zero-order valence-electron chi connectivity index (χ0n) is 10.4. The average Bonchev–Trinajstić information content (AvgIpc) is 2.87. The van der Waals surface area contributed by atoms with Gasteiger partial charge in [-0.3, -0.25) is 4.79 Å². The van der Waals surface area contributed by atoms with Crippen molar-refractivity contribution >= 4 is 11.9 Å². The molecule has 0 bridgehead atoms. The maximum Gasteiger partial charge on any atom is 0.311 e. The number of aryl methyl sites for hydroxylation is 1. The number of hydrogen-bond donors (Lipinski definition) is 2. The zero-order valence-corrected chi connectivity index (χ0v) is 10.4. The molecule has 1 heterocycles. The van der Waals surface area contributed by atoms with E-state index < -0.39 is 11.9 Å². The molecule has 3 N–H and O–H groups in total. The summed E-state index contributed by atoms with van der Waals surface area (Å²) >= 11 is 0. The first-order chi connectivity index (χ1) is 8.68. The van der Waals surface area contributed by atoms with Crippen LogP contribution in [0.3, 0.4) is 0 Å². The zero-order chi connectivity index (χ0) is 12.7. The van der Waals surface area contributed by atoms with E-state index in [0.717, 1.165) is 29.7 Å². The van der Waals surface area contributed by atoms with Crippen LogP contribution < -0.4 is 5.73 Å². The van der Waals surface area contributed by atoms with Crippen LogP contribution in [-0.4, -0.2) is 11.1 Å². The van der Waals surface area contributed by atoms with Gasteiger partial charge in [0, 0.05) is 17.5 Å². The molecule has 98 valence electrons. The standard InChI is InChI=1S/C14H19NO3/c15-13-11(8-4-2-1-3-5-8)12-9(14(16)17)6-7-10(12)18-13/h8-9H,1-7,15H2,(H,16,17). The first-order valence-corrected chi connectivity index (χ1v) is 6.82. The second-order valence-electron chi connectivity index (χ2n) is 5.48. The number of anilines is 1. The van der Waals surface area contributed by atoms with Gasteiger partial charge in [-0.1, -0.05) is 19.3 Å². The Balaban J connectivity index is 2.01. The topological polar surface area (TPSA) is 76.5 Å². The van der Waals surface area contributed by atoms with E-state index in [-0.39, 0.29) is 0 Å². The Kier molecular flexibility index (Phi) is 2.80. The van der Waals surface area contributed by atoms with Crippen LogP contribution in [0.15, 0.2) is 4.42 Å². The molecule has 1 unspecified atom stereocenters. The molecule has 1 atom stereocenters. The minimum Gasteiger partial charge on any atom is -0.481 e. The van der Waals surface area contributed by atoms with Crippen molar-refractivity contribution in [2.75, 3.05) is 5.73 Å². The van der Waals surface area contributed by atoms with E-state index in [4.69, 9.17) is 10.2 Å². The van der Waals surface area contributed by atoms with Crippen LogP contribution in [0.25, 0.3) is 0 Å². The summed E-state index contributed by atoms with van der Waals surface area (Å²) in [5.41, 5.74) is 7.92. The molecule has 1 aromatic rings. The minimum absolute atomic E-state index is 0.405.